The molecule has 0 fully saturated rings. The average Bonchev–Trinajstić information content (AvgIpc) is 2.54. The van der Waals surface area contributed by atoms with E-state index in [0.717, 1.165) is 5.56 Å². The zero-order valence-electron chi connectivity index (χ0n) is 12.5. The number of nitrogens with one attached hydrogen (secondary N) is 1. The third kappa shape index (κ3) is 4.80. The number of hydrogen-bond acceptors (Lipinski definition) is 4. The Hall–Kier alpha value is -2.38. The Morgan fingerprint density at radius 1 is 1.13 bits per heavy atom. The molecule has 0 amide bonds. The lowest BCUT2D eigenvalue weighted by Gasteiger charge is -2.11. The predicted molar refractivity (Wildman–Crippen MR) is 84.6 cm³/mol. The van der Waals surface area contributed by atoms with Gasteiger partial charge in [-0.25, -0.2) is 8.42 Å². The molecule has 6 nitrogen and oxygen atoms in total. The number of carbonyl (C=O) groups is 1. The predicted octanol–water partition coefficient (Wildman–Crippen LogP) is 2.02. The van der Waals surface area contributed by atoms with Gasteiger partial charge in [-0.2, -0.15) is 4.72 Å². The van der Waals surface area contributed by atoms with E-state index in [4.69, 9.17) is 9.84 Å². The van der Waals surface area contributed by atoms with Crippen LogP contribution in [0.15, 0.2) is 59.5 Å². The molecule has 0 aromatic heterocycles. The van der Waals surface area contributed by atoms with Crippen LogP contribution >= 0.6 is 0 Å². The second-order valence-corrected chi connectivity index (χ2v) is 6.64. The Labute approximate surface area is 134 Å². The third-order valence-corrected chi connectivity index (χ3v) is 4.64. The molecule has 2 aromatic carbocycles. The Balaban J connectivity index is 2.02. The summed E-state index contributed by atoms with van der Waals surface area (Å²) in [4.78, 5) is 10.7. The number of sulfonamides is 1. The van der Waals surface area contributed by atoms with Gasteiger partial charge in [0, 0.05) is 0 Å². The first-order valence-corrected chi connectivity index (χ1v) is 8.39. The second-order valence-electron chi connectivity index (χ2n) is 4.93. The van der Waals surface area contributed by atoms with Gasteiger partial charge in [-0.05, 0) is 36.8 Å². The number of carboxylic acid groups (broad SMARTS) is 1. The molecule has 0 aliphatic rings. The largest absolute Gasteiger partial charge is 0.489 e. The average molecular weight is 335 g/mol. The molecule has 2 aromatic rings. The Kier molecular flexibility index (Phi) is 5.36. The van der Waals surface area contributed by atoms with Crippen molar-refractivity contribution in [2.24, 2.45) is 0 Å². The summed E-state index contributed by atoms with van der Waals surface area (Å²) in [6, 6.07) is 14.2. The van der Waals surface area contributed by atoms with Crippen molar-refractivity contribution in [2.75, 3.05) is 0 Å². The topological polar surface area (TPSA) is 92.7 Å². The number of aliphatic carboxylic acids is 1. The van der Waals surface area contributed by atoms with Gasteiger partial charge < -0.3 is 9.84 Å². The van der Waals surface area contributed by atoms with Crippen molar-refractivity contribution in [2.45, 2.75) is 24.5 Å². The van der Waals surface area contributed by atoms with Crippen LogP contribution in [0.5, 0.6) is 5.75 Å². The van der Waals surface area contributed by atoms with Gasteiger partial charge >= 0.3 is 5.97 Å². The third-order valence-electron chi connectivity index (χ3n) is 3.08. The Morgan fingerprint density at radius 3 is 2.30 bits per heavy atom. The van der Waals surface area contributed by atoms with Crippen LogP contribution in [-0.4, -0.2) is 25.5 Å². The number of carboxylic acids is 1. The minimum absolute atomic E-state index is 0.0161. The molecule has 2 N–H and O–H groups in total. The van der Waals surface area contributed by atoms with Gasteiger partial charge in [0.05, 0.1) is 4.90 Å². The monoisotopic (exact) mass is 335 g/mol. The number of hydrogen-bond donors (Lipinski definition) is 2. The van der Waals surface area contributed by atoms with Gasteiger partial charge in [0.25, 0.3) is 0 Å². The highest BCUT2D eigenvalue weighted by Gasteiger charge is 2.21. The van der Waals surface area contributed by atoms with Crippen LogP contribution in [0.2, 0.25) is 0 Å². The van der Waals surface area contributed by atoms with Crippen LogP contribution in [0.1, 0.15) is 12.5 Å². The molecular formula is C16H17NO5S. The molecule has 0 heterocycles. The first-order chi connectivity index (χ1) is 10.9. The van der Waals surface area contributed by atoms with Crippen LogP contribution < -0.4 is 9.46 Å². The van der Waals surface area contributed by atoms with E-state index in [9.17, 15) is 13.2 Å². The van der Waals surface area contributed by atoms with Gasteiger partial charge in [0.15, 0.2) is 0 Å². The van der Waals surface area contributed by atoms with E-state index < -0.39 is 22.0 Å². The molecule has 0 saturated heterocycles. The van der Waals surface area contributed by atoms with Crippen LogP contribution in [0.4, 0.5) is 0 Å². The van der Waals surface area contributed by atoms with Gasteiger partial charge in [-0.3, -0.25) is 4.79 Å². The molecule has 7 heteroatoms. The molecule has 23 heavy (non-hydrogen) atoms. The number of benzene rings is 2. The molecule has 0 aliphatic heterocycles. The maximum atomic E-state index is 12.0. The van der Waals surface area contributed by atoms with Crippen molar-refractivity contribution in [3.8, 4) is 5.75 Å². The maximum absolute atomic E-state index is 12.0. The lowest BCUT2D eigenvalue weighted by molar-refractivity contribution is -0.138. The van der Waals surface area contributed by atoms with Crippen LogP contribution in [-0.2, 0) is 21.4 Å². The van der Waals surface area contributed by atoms with Gasteiger partial charge in [-0.15, -0.1) is 0 Å². The first kappa shape index (κ1) is 17.0. The SMILES string of the molecule is CC(NS(=O)(=O)c1ccc(OCc2ccccc2)cc1)C(=O)O. The number of rotatable bonds is 7. The maximum Gasteiger partial charge on any atom is 0.321 e. The van der Waals surface area contributed by atoms with Gasteiger partial charge in [0.2, 0.25) is 10.0 Å². The lowest BCUT2D eigenvalue weighted by Crippen LogP contribution is -2.38. The summed E-state index contributed by atoms with van der Waals surface area (Å²) in [7, 11) is -3.87. The zero-order valence-corrected chi connectivity index (χ0v) is 13.3. The normalized spacial score (nSPS) is 12.6. The van der Waals surface area contributed by atoms with E-state index in [1.165, 1.54) is 31.2 Å². The fourth-order valence-electron chi connectivity index (χ4n) is 1.81. The number of ether oxygens (including phenoxy) is 1. The van der Waals surface area contributed by atoms with Crippen molar-refractivity contribution < 1.29 is 23.1 Å². The van der Waals surface area contributed by atoms with E-state index in [-0.39, 0.29) is 4.90 Å². The molecule has 0 spiro atoms. The van der Waals surface area contributed by atoms with Crippen molar-refractivity contribution in [1.29, 1.82) is 0 Å². The Bertz CT molecular complexity index is 757. The molecule has 0 saturated carbocycles. The molecule has 0 aliphatic carbocycles. The van der Waals surface area contributed by atoms with E-state index in [1.54, 1.807) is 0 Å². The quantitative estimate of drug-likeness (QED) is 0.807. The summed E-state index contributed by atoms with van der Waals surface area (Å²) in [5, 5.41) is 8.77. The van der Waals surface area contributed by atoms with E-state index in [0.29, 0.717) is 12.4 Å². The minimum Gasteiger partial charge on any atom is -0.489 e. The molecule has 1 atom stereocenters. The highest BCUT2D eigenvalue weighted by atomic mass is 32.2. The fraction of sp³-hybridized carbons (Fsp3) is 0.188. The van der Waals surface area contributed by atoms with E-state index in [2.05, 4.69) is 4.72 Å². The van der Waals surface area contributed by atoms with Crippen molar-refractivity contribution in [1.82, 2.24) is 4.72 Å². The minimum atomic E-state index is -3.87. The second kappa shape index (κ2) is 7.26. The van der Waals surface area contributed by atoms with Gasteiger partial charge in [0.1, 0.15) is 18.4 Å². The standard InChI is InChI=1S/C16H17NO5S/c1-12(16(18)19)17-23(20,21)15-9-7-14(8-10-15)22-11-13-5-3-2-4-6-13/h2-10,12,17H,11H2,1H3,(H,18,19). The molecular weight excluding hydrogens is 318 g/mol. The highest BCUT2D eigenvalue weighted by molar-refractivity contribution is 7.89. The fourth-order valence-corrected chi connectivity index (χ4v) is 3.00. The summed E-state index contributed by atoms with van der Waals surface area (Å²) >= 11 is 0. The molecule has 1 unspecified atom stereocenters. The van der Waals surface area contributed by atoms with Crippen molar-refractivity contribution >= 4 is 16.0 Å². The smallest absolute Gasteiger partial charge is 0.321 e. The van der Waals surface area contributed by atoms with Crippen LogP contribution in [0.25, 0.3) is 0 Å². The molecule has 0 radical (unpaired) electrons. The van der Waals surface area contributed by atoms with Crippen LogP contribution in [0, 0.1) is 0 Å². The molecule has 0 bridgehead atoms. The molecule has 122 valence electrons. The van der Waals surface area contributed by atoms with Gasteiger partial charge in [-0.1, -0.05) is 30.3 Å². The summed E-state index contributed by atoms with van der Waals surface area (Å²) in [5.41, 5.74) is 1.00. The van der Waals surface area contributed by atoms with Crippen LogP contribution in [0.3, 0.4) is 0 Å². The molecule has 2 rings (SSSR count). The highest BCUT2D eigenvalue weighted by Crippen LogP contribution is 2.17. The lowest BCUT2D eigenvalue weighted by atomic mass is 10.2. The zero-order chi connectivity index (χ0) is 16.9. The Morgan fingerprint density at radius 2 is 1.74 bits per heavy atom. The van der Waals surface area contributed by atoms with E-state index in [1.807, 2.05) is 30.3 Å². The summed E-state index contributed by atoms with van der Waals surface area (Å²) in [5.74, 6) is -0.713. The first-order valence-electron chi connectivity index (χ1n) is 6.90. The summed E-state index contributed by atoms with van der Waals surface area (Å²) in [6.07, 6.45) is 0. The van der Waals surface area contributed by atoms with Crippen molar-refractivity contribution in [3.63, 3.8) is 0 Å². The summed E-state index contributed by atoms with van der Waals surface area (Å²) < 4.78 is 31.7. The van der Waals surface area contributed by atoms with Crippen molar-refractivity contribution in [3.05, 3.63) is 60.2 Å². The summed E-state index contributed by atoms with van der Waals surface area (Å²) in [6.45, 7) is 1.64. The van der Waals surface area contributed by atoms with E-state index >= 15 is 0 Å².